The Morgan fingerprint density at radius 2 is 1.76 bits per heavy atom. The van der Waals surface area contributed by atoms with Crippen molar-refractivity contribution < 1.29 is 14.7 Å². The predicted octanol–water partition coefficient (Wildman–Crippen LogP) is 4.94. The molecule has 4 aromatic rings. The second-order valence-corrected chi connectivity index (χ2v) is 7.65. The summed E-state index contributed by atoms with van der Waals surface area (Å²) in [4.78, 5) is 30.4. The van der Waals surface area contributed by atoms with Gasteiger partial charge in [-0.2, -0.15) is 5.10 Å². The first-order valence-corrected chi connectivity index (χ1v) is 11.0. The van der Waals surface area contributed by atoms with Gasteiger partial charge in [0.1, 0.15) is 0 Å². The van der Waals surface area contributed by atoms with Crippen molar-refractivity contribution in [2.75, 3.05) is 16.8 Å². The van der Waals surface area contributed by atoms with E-state index < -0.39 is 6.09 Å². The summed E-state index contributed by atoms with van der Waals surface area (Å²) in [5.41, 5.74) is 4.22. The largest absolute Gasteiger partial charge is 0.465 e. The minimum atomic E-state index is -1.06. The SMILES string of the molecule is CCc1ccc(-c2ncccc2C(=O)Nc2ccc(N(CCn3cccn3)C(=O)O)cc2)cc1. The molecule has 2 amide bonds. The number of anilines is 2. The number of nitrogens with zero attached hydrogens (tertiary/aromatic N) is 4. The number of hydrogen-bond acceptors (Lipinski definition) is 4. The average molecular weight is 456 g/mol. The quantitative estimate of drug-likeness (QED) is 0.392. The Bertz CT molecular complexity index is 1250. The number of pyridine rings is 1. The van der Waals surface area contributed by atoms with Crippen LogP contribution in [0.1, 0.15) is 22.8 Å². The number of amides is 2. The molecule has 8 nitrogen and oxygen atoms in total. The molecule has 2 N–H and O–H groups in total. The number of nitrogens with one attached hydrogen (secondary N) is 1. The van der Waals surface area contributed by atoms with Gasteiger partial charge in [-0.25, -0.2) is 4.79 Å². The van der Waals surface area contributed by atoms with Gasteiger partial charge in [0.15, 0.2) is 0 Å². The van der Waals surface area contributed by atoms with Crippen LogP contribution in [0.2, 0.25) is 0 Å². The third kappa shape index (κ3) is 5.29. The Balaban J connectivity index is 1.48. The Hall–Kier alpha value is -4.46. The van der Waals surface area contributed by atoms with Crippen molar-refractivity contribution in [1.29, 1.82) is 0 Å². The van der Waals surface area contributed by atoms with E-state index in [0.717, 1.165) is 12.0 Å². The minimum absolute atomic E-state index is 0.249. The molecule has 2 aromatic heterocycles. The van der Waals surface area contributed by atoms with Crippen LogP contribution in [0, 0.1) is 0 Å². The molecular weight excluding hydrogens is 430 g/mol. The van der Waals surface area contributed by atoms with Crippen LogP contribution in [0.15, 0.2) is 85.3 Å². The zero-order chi connectivity index (χ0) is 23.9. The molecule has 0 bridgehead atoms. The van der Waals surface area contributed by atoms with Crippen LogP contribution >= 0.6 is 0 Å². The number of carbonyl (C=O) groups is 2. The van der Waals surface area contributed by atoms with Crippen molar-refractivity contribution in [2.45, 2.75) is 19.9 Å². The fourth-order valence-corrected chi connectivity index (χ4v) is 3.61. The van der Waals surface area contributed by atoms with Crippen LogP contribution in [-0.2, 0) is 13.0 Å². The molecule has 0 saturated carbocycles. The Morgan fingerprint density at radius 3 is 2.41 bits per heavy atom. The Labute approximate surface area is 197 Å². The van der Waals surface area contributed by atoms with Crippen molar-refractivity contribution in [2.24, 2.45) is 0 Å². The molecule has 0 saturated heterocycles. The van der Waals surface area contributed by atoms with Crippen LogP contribution in [0.25, 0.3) is 11.3 Å². The van der Waals surface area contributed by atoms with E-state index >= 15 is 0 Å². The van der Waals surface area contributed by atoms with E-state index in [2.05, 4.69) is 22.3 Å². The summed E-state index contributed by atoms with van der Waals surface area (Å²) >= 11 is 0. The first-order chi connectivity index (χ1) is 16.5. The summed E-state index contributed by atoms with van der Waals surface area (Å²) in [6.45, 7) is 2.77. The molecule has 0 unspecified atom stereocenters. The number of rotatable bonds is 8. The molecule has 2 heterocycles. The van der Waals surface area contributed by atoms with E-state index in [1.807, 2.05) is 24.3 Å². The molecule has 0 aliphatic rings. The molecule has 4 rings (SSSR count). The van der Waals surface area contributed by atoms with Crippen LogP contribution < -0.4 is 10.2 Å². The summed E-state index contributed by atoms with van der Waals surface area (Å²) < 4.78 is 1.67. The summed E-state index contributed by atoms with van der Waals surface area (Å²) in [7, 11) is 0. The van der Waals surface area contributed by atoms with Crippen molar-refractivity contribution in [3.05, 3.63) is 96.4 Å². The maximum atomic E-state index is 13.0. The highest BCUT2D eigenvalue weighted by Gasteiger charge is 2.16. The molecule has 2 aromatic carbocycles. The van der Waals surface area contributed by atoms with Gasteiger partial charge in [-0.05, 0) is 54.4 Å². The standard InChI is InChI=1S/C26H25N5O3/c1-2-19-6-8-20(9-7-19)24-23(5-3-14-27-24)25(32)29-21-10-12-22(13-11-21)31(26(33)34)18-17-30-16-4-15-28-30/h3-16H,2,17-18H2,1H3,(H,29,32)(H,33,34). The smallest absolute Gasteiger partial charge is 0.411 e. The molecule has 172 valence electrons. The number of aromatic nitrogens is 3. The van der Waals surface area contributed by atoms with Gasteiger partial charge in [0.05, 0.1) is 17.8 Å². The summed E-state index contributed by atoms with van der Waals surface area (Å²) in [5.74, 6) is -0.288. The molecular formula is C26H25N5O3. The molecule has 0 aliphatic heterocycles. The summed E-state index contributed by atoms with van der Waals surface area (Å²) in [6.07, 6.45) is 4.98. The van der Waals surface area contributed by atoms with Crippen molar-refractivity contribution >= 4 is 23.4 Å². The minimum Gasteiger partial charge on any atom is -0.465 e. The van der Waals surface area contributed by atoms with Gasteiger partial charge in [-0.1, -0.05) is 31.2 Å². The summed E-state index contributed by atoms with van der Waals surface area (Å²) in [6, 6.07) is 20.0. The molecule has 0 fully saturated rings. The van der Waals surface area contributed by atoms with Crippen molar-refractivity contribution in [1.82, 2.24) is 14.8 Å². The zero-order valence-electron chi connectivity index (χ0n) is 18.8. The van der Waals surface area contributed by atoms with Gasteiger partial charge in [0, 0.05) is 42.1 Å². The van der Waals surface area contributed by atoms with Crippen LogP contribution in [0.3, 0.4) is 0 Å². The zero-order valence-corrected chi connectivity index (χ0v) is 18.8. The lowest BCUT2D eigenvalue weighted by Crippen LogP contribution is -2.32. The molecule has 0 aliphatic carbocycles. The topological polar surface area (TPSA) is 100 Å². The van der Waals surface area contributed by atoms with Crippen LogP contribution in [0.4, 0.5) is 16.2 Å². The fourth-order valence-electron chi connectivity index (χ4n) is 3.61. The van der Waals surface area contributed by atoms with Gasteiger partial charge in [0.25, 0.3) is 5.91 Å². The van der Waals surface area contributed by atoms with E-state index in [0.29, 0.717) is 29.2 Å². The van der Waals surface area contributed by atoms with Crippen molar-refractivity contribution in [3.8, 4) is 11.3 Å². The van der Waals surface area contributed by atoms with Gasteiger partial charge in [0.2, 0.25) is 0 Å². The van der Waals surface area contributed by atoms with Crippen LogP contribution in [-0.4, -0.2) is 38.4 Å². The second-order valence-electron chi connectivity index (χ2n) is 7.65. The third-order valence-electron chi connectivity index (χ3n) is 5.47. The Morgan fingerprint density at radius 1 is 1.00 bits per heavy atom. The number of carboxylic acid groups (broad SMARTS) is 1. The monoisotopic (exact) mass is 455 g/mol. The average Bonchev–Trinajstić information content (AvgIpc) is 3.39. The van der Waals surface area contributed by atoms with E-state index in [1.54, 1.807) is 65.7 Å². The van der Waals surface area contributed by atoms with Gasteiger partial charge < -0.3 is 10.4 Å². The normalized spacial score (nSPS) is 10.6. The van der Waals surface area contributed by atoms with Gasteiger partial charge in [-0.3, -0.25) is 19.4 Å². The van der Waals surface area contributed by atoms with Gasteiger partial charge in [-0.15, -0.1) is 0 Å². The molecule has 0 spiro atoms. The van der Waals surface area contributed by atoms with Crippen molar-refractivity contribution in [3.63, 3.8) is 0 Å². The first-order valence-electron chi connectivity index (χ1n) is 11.0. The highest BCUT2D eigenvalue weighted by atomic mass is 16.4. The Kier molecular flexibility index (Phi) is 6.98. The molecule has 8 heteroatoms. The fraction of sp³-hybridized carbons (Fsp3) is 0.154. The second kappa shape index (κ2) is 10.4. The van der Waals surface area contributed by atoms with E-state index in [1.165, 1.54) is 10.5 Å². The number of carbonyl (C=O) groups excluding carboxylic acids is 1. The molecule has 34 heavy (non-hydrogen) atoms. The van der Waals surface area contributed by atoms with E-state index in [9.17, 15) is 14.7 Å². The summed E-state index contributed by atoms with van der Waals surface area (Å²) in [5, 5.41) is 16.6. The maximum absolute atomic E-state index is 13.0. The third-order valence-corrected chi connectivity index (χ3v) is 5.47. The number of hydrogen-bond donors (Lipinski definition) is 2. The lowest BCUT2D eigenvalue weighted by atomic mass is 10.0. The number of aryl methyl sites for hydroxylation is 1. The highest BCUT2D eigenvalue weighted by Crippen LogP contribution is 2.24. The number of benzene rings is 2. The molecule has 0 radical (unpaired) electrons. The van der Waals surface area contributed by atoms with Gasteiger partial charge >= 0.3 is 6.09 Å². The lowest BCUT2D eigenvalue weighted by molar-refractivity contribution is 0.102. The van der Waals surface area contributed by atoms with Crippen LogP contribution in [0.5, 0.6) is 0 Å². The maximum Gasteiger partial charge on any atom is 0.411 e. The highest BCUT2D eigenvalue weighted by molar-refractivity contribution is 6.08. The first kappa shape index (κ1) is 22.7. The van der Waals surface area contributed by atoms with E-state index in [4.69, 9.17) is 0 Å². The molecule has 0 atom stereocenters. The lowest BCUT2D eigenvalue weighted by Gasteiger charge is -2.19. The van der Waals surface area contributed by atoms with E-state index in [-0.39, 0.29) is 12.5 Å². The predicted molar refractivity (Wildman–Crippen MR) is 131 cm³/mol.